The van der Waals surface area contributed by atoms with Gasteiger partial charge in [-0.2, -0.15) is 4.39 Å². The lowest BCUT2D eigenvalue weighted by molar-refractivity contribution is -0.387. The van der Waals surface area contributed by atoms with Crippen molar-refractivity contribution in [3.63, 3.8) is 0 Å². The van der Waals surface area contributed by atoms with E-state index in [1.165, 1.54) is 6.07 Å². The summed E-state index contributed by atoms with van der Waals surface area (Å²) in [6, 6.07) is 3.51. The number of hydrogen-bond donors (Lipinski definition) is 1. The fraction of sp³-hybridized carbons (Fsp3) is 0.333. The molecule has 1 fully saturated rings. The molecule has 4 nitrogen and oxygen atoms in total. The van der Waals surface area contributed by atoms with Crippen LogP contribution < -0.4 is 0 Å². The van der Waals surface area contributed by atoms with Crippen molar-refractivity contribution < 1.29 is 14.4 Å². The van der Waals surface area contributed by atoms with Crippen molar-refractivity contribution in [2.75, 3.05) is 0 Å². The SMILES string of the molecule is O=[N+]([O-])c1ccc(C2(O)CC2)cc1F. The van der Waals surface area contributed by atoms with Crippen molar-refractivity contribution in [2.45, 2.75) is 18.4 Å². The van der Waals surface area contributed by atoms with Gasteiger partial charge in [0.25, 0.3) is 0 Å². The van der Waals surface area contributed by atoms with Crippen LogP contribution in [0.25, 0.3) is 0 Å². The van der Waals surface area contributed by atoms with Crippen LogP contribution in [-0.4, -0.2) is 10.0 Å². The minimum Gasteiger partial charge on any atom is -0.385 e. The van der Waals surface area contributed by atoms with Gasteiger partial charge in [0.2, 0.25) is 5.82 Å². The van der Waals surface area contributed by atoms with Crippen LogP contribution >= 0.6 is 0 Å². The highest BCUT2D eigenvalue weighted by molar-refractivity contribution is 5.38. The molecule has 1 aromatic rings. The zero-order valence-electron chi connectivity index (χ0n) is 7.24. The van der Waals surface area contributed by atoms with E-state index in [0.717, 1.165) is 12.1 Å². The first-order chi connectivity index (χ1) is 6.53. The fourth-order valence-corrected chi connectivity index (χ4v) is 1.35. The summed E-state index contributed by atoms with van der Waals surface area (Å²) in [4.78, 5) is 9.52. The van der Waals surface area contributed by atoms with Crippen LogP contribution in [0.15, 0.2) is 18.2 Å². The molecule has 0 unspecified atom stereocenters. The molecule has 14 heavy (non-hydrogen) atoms. The molecule has 0 aromatic heterocycles. The van der Waals surface area contributed by atoms with Crippen molar-refractivity contribution in [1.29, 1.82) is 0 Å². The zero-order chi connectivity index (χ0) is 10.3. The van der Waals surface area contributed by atoms with E-state index >= 15 is 0 Å². The number of rotatable bonds is 2. The number of hydrogen-bond acceptors (Lipinski definition) is 3. The first kappa shape index (κ1) is 9.08. The van der Waals surface area contributed by atoms with Gasteiger partial charge in [0.15, 0.2) is 0 Å². The average Bonchev–Trinajstić information content (AvgIpc) is 2.84. The van der Waals surface area contributed by atoms with E-state index < -0.39 is 22.0 Å². The largest absolute Gasteiger partial charge is 0.385 e. The Morgan fingerprint density at radius 1 is 1.50 bits per heavy atom. The van der Waals surface area contributed by atoms with Crippen LogP contribution in [0.3, 0.4) is 0 Å². The predicted molar refractivity (Wildman–Crippen MR) is 46.2 cm³/mol. The summed E-state index contributed by atoms with van der Waals surface area (Å²) < 4.78 is 13.1. The molecule has 1 aliphatic rings. The Hall–Kier alpha value is -1.49. The summed E-state index contributed by atoms with van der Waals surface area (Å²) in [5.74, 6) is -0.896. The van der Waals surface area contributed by atoms with Crippen LogP contribution in [0.4, 0.5) is 10.1 Å². The summed E-state index contributed by atoms with van der Waals surface area (Å²) in [5, 5.41) is 19.9. The van der Waals surface area contributed by atoms with E-state index in [4.69, 9.17) is 0 Å². The molecule has 0 spiro atoms. The molecule has 74 valence electrons. The minimum atomic E-state index is -0.948. The van der Waals surface area contributed by atoms with Crippen molar-refractivity contribution in [2.24, 2.45) is 0 Å². The third-order valence-electron chi connectivity index (χ3n) is 2.41. The number of nitro benzene ring substituents is 1. The molecule has 0 heterocycles. The highest BCUT2D eigenvalue weighted by atomic mass is 19.1. The molecule has 2 rings (SSSR count). The first-order valence-electron chi connectivity index (χ1n) is 4.20. The van der Waals surface area contributed by atoms with E-state index in [0.29, 0.717) is 18.4 Å². The zero-order valence-corrected chi connectivity index (χ0v) is 7.24. The molecule has 1 saturated carbocycles. The highest BCUT2D eigenvalue weighted by Crippen LogP contribution is 2.45. The number of nitro groups is 1. The number of halogens is 1. The average molecular weight is 197 g/mol. The maximum Gasteiger partial charge on any atom is 0.304 e. The van der Waals surface area contributed by atoms with E-state index in [-0.39, 0.29) is 0 Å². The van der Waals surface area contributed by atoms with E-state index in [2.05, 4.69) is 0 Å². The first-order valence-corrected chi connectivity index (χ1v) is 4.20. The number of nitrogens with zero attached hydrogens (tertiary/aromatic N) is 1. The second-order valence-corrected chi connectivity index (χ2v) is 3.45. The van der Waals surface area contributed by atoms with E-state index in [9.17, 15) is 19.6 Å². The lowest BCUT2D eigenvalue weighted by Crippen LogP contribution is -2.05. The normalized spacial score (nSPS) is 17.9. The Kier molecular flexibility index (Phi) is 1.78. The van der Waals surface area contributed by atoms with Crippen LogP contribution in [0, 0.1) is 15.9 Å². The van der Waals surface area contributed by atoms with E-state index in [1.54, 1.807) is 0 Å². The molecule has 0 radical (unpaired) electrons. The second-order valence-electron chi connectivity index (χ2n) is 3.45. The third-order valence-corrected chi connectivity index (χ3v) is 2.41. The van der Waals surface area contributed by atoms with Gasteiger partial charge in [0, 0.05) is 6.07 Å². The van der Waals surface area contributed by atoms with Gasteiger partial charge < -0.3 is 5.11 Å². The van der Waals surface area contributed by atoms with Crippen molar-refractivity contribution >= 4 is 5.69 Å². The third kappa shape index (κ3) is 1.35. The molecule has 0 atom stereocenters. The van der Waals surface area contributed by atoms with Crippen molar-refractivity contribution in [1.82, 2.24) is 0 Å². The van der Waals surface area contributed by atoms with Gasteiger partial charge in [-0.25, -0.2) is 0 Å². The van der Waals surface area contributed by atoms with Crippen LogP contribution in [-0.2, 0) is 5.60 Å². The Morgan fingerprint density at radius 2 is 2.14 bits per heavy atom. The second kappa shape index (κ2) is 2.75. The highest BCUT2D eigenvalue weighted by Gasteiger charge is 2.42. The molecule has 1 N–H and O–H groups in total. The maximum absolute atomic E-state index is 13.1. The van der Waals surface area contributed by atoms with Crippen LogP contribution in [0.2, 0.25) is 0 Å². The van der Waals surface area contributed by atoms with Gasteiger partial charge in [-0.05, 0) is 30.5 Å². The molecule has 5 heteroatoms. The molecular formula is C9H8FNO3. The smallest absolute Gasteiger partial charge is 0.304 e. The summed E-state index contributed by atoms with van der Waals surface area (Å²) in [6.07, 6.45) is 1.18. The lowest BCUT2D eigenvalue weighted by atomic mass is 10.1. The molecule has 0 aliphatic heterocycles. The Balaban J connectivity index is 2.40. The standard InChI is InChI=1S/C9H8FNO3/c10-7-5-6(9(12)3-4-9)1-2-8(7)11(13)14/h1-2,5,12H,3-4H2. The summed E-state index contributed by atoms with van der Waals surface area (Å²) in [5.41, 5.74) is -1.09. The summed E-state index contributed by atoms with van der Waals surface area (Å²) in [6.45, 7) is 0. The van der Waals surface area contributed by atoms with Gasteiger partial charge in [-0.1, -0.05) is 0 Å². The number of aliphatic hydroxyl groups is 1. The Morgan fingerprint density at radius 3 is 2.57 bits per heavy atom. The molecular weight excluding hydrogens is 189 g/mol. The van der Waals surface area contributed by atoms with E-state index in [1.807, 2.05) is 0 Å². The monoisotopic (exact) mass is 197 g/mol. The van der Waals surface area contributed by atoms with Crippen LogP contribution in [0.5, 0.6) is 0 Å². The summed E-state index contributed by atoms with van der Waals surface area (Å²) in [7, 11) is 0. The minimum absolute atomic E-state index is 0.417. The topological polar surface area (TPSA) is 63.4 Å². The van der Waals surface area contributed by atoms with Gasteiger partial charge >= 0.3 is 5.69 Å². The number of benzene rings is 1. The molecule has 1 aromatic carbocycles. The van der Waals surface area contributed by atoms with Crippen molar-refractivity contribution in [3.8, 4) is 0 Å². The van der Waals surface area contributed by atoms with Gasteiger partial charge in [-0.15, -0.1) is 0 Å². The quantitative estimate of drug-likeness (QED) is 0.579. The fourth-order valence-electron chi connectivity index (χ4n) is 1.35. The molecule has 0 amide bonds. The summed E-state index contributed by atoms with van der Waals surface area (Å²) >= 11 is 0. The Bertz CT molecular complexity index is 401. The predicted octanol–water partition coefficient (Wildman–Crippen LogP) is 1.72. The van der Waals surface area contributed by atoms with Gasteiger partial charge in [-0.3, -0.25) is 10.1 Å². The van der Waals surface area contributed by atoms with Gasteiger partial charge in [0.1, 0.15) is 0 Å². The van der Waals surface area contributed by atoms with Crippen molar-refractivity contribution in [3.05, 3.63) is 39.7 Å². The molecule has 0 saturated heterocycles. The molecule has 1 aliphatic carbocycles. The maximum atomic E-state index is 13.1. The lowest BCUT2D eigenvalue weighted by Gasteiger charge is -2.07. The molecule has 0 bridgehead atoms. The van der Waals surface area contributed by atoms with Crippen LogP contribution in [0.1, 0.15) is 18.4 Å². The van der Waals surface area contributed by atoms with Gasteiger partial charge in [0.05, 0.1) is 10.5 Å². The Labute approximate surface area is 79.1 Å².